The molecule has 1 unspecified atom stereocenters. The number of alkyl halides is 3. The van der Waals surface area contributed by atoms with E-state index in [1.807, 2.05) is 11.9 Å². The van der Waals surface area contributed by atoms with Gasteiger partial charge in [0.05, 0.1) is 17.2 Å². The van der Waals surface area contributed by atoms with Crippen molar-refractivity contribution >= 4 is 17.9 Å². The number of aliphatic hydroxyl groups is 1. The maximum atomic E-state index is 12.5. The van der Waals surface area contributed by atoms with E-state index >= 15 is 0 Å². The van der Waals surface area contributed by atoms with Gasteiger partial charge in [0.15, 0.2) is 0 Å². The van der Waals surface area contributed by atoms with Crippen molar-refractivity contribution in [2.75, 3.05) is 13.7 Å². The van der Waals surface area contributed by atoms with Crippen molar-refractivity contribution in [2.24, 2.45) is 5.92 Å². The van der Waals surface area contributed by atoms with Crippen molar-refractivity contribution < 1.29 is 23.1 Å². The quantitative estimate of drug-likeness (QED) is 0.850. The van der Waals surface area contributed by atoms with Gasteiger partial charge in [-0.05, 0) is 30.3 Å². The molecule has 0 saturated heterocycles. The van der Waals surface area contributed by atoms with Crippen LogP contribution in [0.4, 0.5) is 13.2 Å². The van der Waals surface area contributed by atoms with E-state index in [0.29, 0.717) is 18.7 Å². The molecule has 1 heterocycles. The third kappa shape index (κ3) is 4.98. The predicted molar refractivity (Wildman–Crippen MR) is 73.9 cm³/mol. The lowest BCUT2D eigenvalue weighted by atomic mass is 10.1. The van der Waals surface area contributed by atoms with Gasteiger partial charge in [0.25, 0.3) is 0 Å². The van der Waals surface area contributed by atoms with Crippen LogP contribution in [-0.4, -0.2) is 29.9 Å². The Kier molecular flexibility index (Phi) is 6.19. The van der Waals surface area contributed by atoms with E-state index in [9.17, 15) is 18.0 Å². The summed E-state index contributed by atoms with van der Waals surface area (Å²) in [5, 5.41) is 7.89. The van der Waals surface area contributed by atoms with Crippen molar-refractivity contribution in [1.82, 2.24) is 4.90 Å². The molecule has 1 atom stereocenters. The minimum absolute atomic E-state index is 0.0382. The van der Waals surface area contributed by atoms with Crippen LogP contribution in [-0.2, 0) is 24.1 Å². The summed E-state index contributed by atoms with van der Waals surface area (Å²) in [6.07, 6.45) is -3.65. The summed E-state index contributed by atoms with van der Waals surface area (Å²) >= 11 is 5.60. The van der Waals surface area contributed by atoms with Crippen molar-refractivity contribution in [3.8, 4) is 0 Å². The van der Waals surface area contributed by atoms with Gasteiger partial charge in [-0.3, -0.25) is 4.90 Å². The number of hydrogen-bond donors (Lipinski definition) is 1. The lowest BCUT2D eigenvalue weighted by Crippen LogP contribution is -2.08. The maximum absolute atomic E-state index is 12.5. The summed E-state index contributed by atoms with van der Waals surface area (Å²) in [5.74, 6) is -0.190. The summed E-state index contributed by atoms with van der Waals surface area (Å²) in [6.45, 7) is 2.83. The van der Waals surface area contributed by atoms with Crippen molar-refractivity contribution in [3.05, 3.63) is 33.8 Å². The fourth-order valence-electron chi connectivity index (χ4n) is 1.85. The Balaban J connectivity index is 0.000000315. The first kappa shape index (κ1) is 17.9. The molecule has 0 aromatic heterocycles. The zero-order chi connectivity index (χ0) is 16.2. The second kappa shape index (κ2) is 7.24. The Morgan fingerprint density at radius 1 is 1.38 bits per heavy atom. The number of aldehydes is 1. The van der Waals surface area contributed by atoms with Gasteiger partial charge in [0, 0.05) is 19.0 Å². The zero-order valence-corrected chi connectivity index (χ0v) is 12.5. The zero-order valence-electron chi connectivity index (χ0n) is 11.7. The maximum Gasteiger partial charge on any atom is 0.417 e. The first-order chi connectivity index (χ1) is 9.68. The molecule has 7 heteroatoms. The largest absolute Gasteiger partial charge is 0.417 e. The topological polar surface area (TPSA) is 40.5 Å². The Labute approximate surface area is 126 Å². The number of benzene rings is 1. The Hall–Kier alpha value is -1.11. The smallest absolute Gasteiger partial charge is 0.396 e. The summed E-state index contributed by atoms with van der Waals surface area (Å²) in [4.78, 5) is 11.5. The highest BCUT2D eigenvalue weighted by Crippen LogP contribution is 2.38. The number of rotatable bonds is 2. The molecule has 0 amide bonds. The first-order valence-corrected chi connectivity index (χ1v) is 6.70. The molecule has 1 aliphatic rings. The third-order valence-electron chi connectivity index (χ3n) is 3.00. The van der Waals surface area contributed by atoms with Crippen LogP contribution in [0.15, 0.2) is 12.1 Å². The molecule has 0 fully saturated rings. The van der Waals surface area contributed by atoms with Crippen LogP contribution in [0.1, 0.15) is 23.6 Å². The molecule has 0 radical (unpaired) electrons. The number of carbonyl (C=O) groups excluding carboxylic acids is 1. The number of aliphatic hydroxyl groups excluding tert-OH is 1. The molecule has 0 bridgehead atoms. The van der Waals surface area contributed by atoms with E-state index in [1.54, 1.807) is 6.92 Å². The summed E-state index contributed by atoms with van der Waals surface area (Å²) in [5.41, 5.74) is 0.864. The van der Waals surface area contributed by atoms with E-state index in [-0.39, 0.29) is 17.5 Å². The second-order valence-corrected chi connectivity index (χ2v) is 5.47. The minimum atomic E-state index is -4.37. The summed E-state index contributed by atoms with van der Waals surface area (Å²) in [6, 6.07) is 2.57. The molecule has 3 nitrogen and oxygen atoms in total. The number of fused-ring (bicyclic) bond motifs is 1. The van der Waals surface area contributed by atoms with E-state index in [2.05, 4.69) is 0 Å². The van der Waals surface area contributed by atoms with Crippen molar-refractivity contribution in [2.45, 2.75) is 26.2 Å². The number of halogens is 4. The minimum Gasteiger partial charge on any atom is -0.396 e. The standard InChI is InChI=1S/C10H9ClF3N.C4H8O2/c1-15-4-6-2-8(10(12,13)14)9(11)3-7(6)5-15;1-4(2-5)3-6/h2-3H,4-5H2,1H3;2,4,6H,3H2,1H3. The van der Waals surface area contributed by atoms with Gasteiger partial charge in [0.2, 0.25) is 0 Å². The predicted octanol–water partition coefficient (Wildman–Crippen LogP) is 3.12. The Bertz CT molecular complexity index is 506. The first-order valence-electron chi connectivity index (χ1n) is 6.32. The highest BCUT2D eigenvalue weighted by Gasteiger charge is 2.34. The van der Waals surface area contributed by atoms with E-state index in [0.717, 1.165) is 17.9 Å². The Morgan fingerprint density at radius 2 is 1.90 bits per heavy atom. The lowest BCUT2D eigenvalue weighted by Gasteiger charge is -2.10. The number of hydrogen-bond acceptors (Lipinski definition) is 3. The van der Waals surface area contributed by atoms with Crippen LogP contribution in [0, 0.1) is 5.92 Å². The average molecular weight is 324 g/mol. The summed E-state index contributed by atoms with van der Waals surface area (Å²) < 4.78 is 37.5. The molecule has 2 rings (SSSR count). The second-order valence-electron chi connectivity index (χ2n) is 5.07. The normalized spacial score (nSPS) is 16.0. The van der Waals surface area contributed by atoms with Gasteiger partial charge in [-0.1, -0.05) is 18.5 Å². The van der Waals surface area contributed by atoms with Crippen LogP contribution < -0.4 is 0 Å². The van der Waals surface area contributed by atoms with E-state index < -0.39 is 11.7 Å². The third-order valence-corrected chi connectivity index (χ3v) is 3.31. The number of carbonyl (C=O) groups is 1. The molecule has 0 spiro atoms. The molecule has 1 aromatic rings. The average Bonchev–Trinajstić information content (AvgIpc) is 2.75. The van der Waals surface area contributed by atoms with E-state index in [4.69, 9.17) is 16.7 Å². The molecule has 0 aliphatic carbocycles. The Morgan fingerprint density at radius 3 is 2.29 bits per heavy atom. The van der Waals surface area contributed by atoms with Crippen molar-refractivity contribution in [3.63, 3.8) is 0 Å². The molecule has 1 aromatic carbocycles. The van der Waals surface area contributed by atoms with Gasteiger partial charge in [0.1, 0.15) is 6.29 Å². The summed E-state index contributed by atoms with van der Waals surface area (Å²) in [7, 11) is 1.86. The fourth-order valence-corrected chi connectivity index (χ4v) is 2.14. The van der Waals surface area contributed by atoms with E-state index in [1.165, 1.54) is 6.07 Å². The van der Waals surface area contributed by atoms with Crippen LogP contribution in [0.2, 0.25) is 5.02 Å². The SMILES string of the molecule is CC(C=O)CO.CN1Cc2cc(Cl)c(C(F)(F)F)cc2C1. The fraction of sp³-hybridized carbons (Fsp3) is 0.500. The molecule has 118 valence electrons. The van der Waals surface area contributed by atoms with Crippen LogP contribution >= 0.6 is 11.6 Å². The molecular formula is C14H17ClF3NO2. The van der Waals surface area contributed by atoms with Crippen LogP contribution in [0.3, 0.4) is 0 Å². The van der Waals surface area contributed by atoms with Gasteiger partial charge >= 0.3 is 6.18 Å². The van der Waals surface area contributed by atoms with Gasteiger partial charge < -0.3 is 9.90 Å². The molecule has 0 saturated carbocycles. The highest BCUT2D eigenvalue weighted by atomic mass is 35.5. The molecule has 1 N–H and O–H groups in total. The highest BCUT2D eigenvalue weighted by molar-refractivity contribution is 6.31. The lowest BCUT2D eigenvalue weighted by molar-refractivity contribution is -0.137. The van der Waals surface area contributed by atoms with Crippen molar-refractivity contribution in [1.29, 1.82) is 0 Å². The van der Waals surface area contributed by atoms with Crippen LogP contribution in [0.5, 0.6) is 0 Å². The molecule has 1 aliphatic heterocycles. The monoisotopic (exact) mass is 323 g/mol. The van der Waals surface area contributed by atoms with Gasteiger partial charge in [-0.2, -0.15) is 13.2 Å². The van der Waals surface area contributed by atoms with Crippen LogP contribution in [0.25, 0.3) is 0 Å². The molecular weight excluding hydrogens is 307 g/mol. The molecule has 21 heavy (non-hydrogen) atoms. The van der Waals surface area contributed by atoms with Gasteiger partial charge in [-0.25, -0.2) is 0 Å². The number of nitrogens with zero attached hydrogens (tertiary/aromatic N) is 1. The van der Waals surface area contributed by atoms with Gasteiger partial charge in [-0.15, -0.1) is 0 Å².